The van der Waals surface area contributed by atoms with E-state index in [2.05, 4.69) is 15.9 Å². The zero-order valence-electron chi connectivity index (χ0n) is 10.8. The van der Waals surface area contributed by atoms with Gasteiger partial charge in [-0.15, -0.1) is 0 Å². The van der Waals surface area contributed by atoms with E-state index >= 15 is 0 Å². The van der Waals surface area contributed by atoms with Gasteiger partial charge in [-0.2, -0.15) is 0 Å². The van der Waals surface area contributed by atoms with E-state index in [1.807, 2.05) is 0 Å². The Morgan fingerprint density at radius 2 is 1.82 bits per heavy atom. The lowest BCUT2D eigenvalue weighted by Gasteiger charge is -2.40. The molecule has 0 amide bonds. The molecule has 0 saturated heterocycles. The molecule has 0 spiro atoms. The van der Waals surface area contributed by atoms with E-state index in [0.717, 1.165) is 35.0 Å². The van der Waals surface area contributed by atoms with Crippen LogP contribution in [-0.4, -0.2) is 5.33 Å². The molecule has 0 nitrogen and oxygen atoms in total. The van der Waals surface area contributed by atoms with E-state index in [1.54, 1.807) is 57.8 Å². The maximum absolute atomic E-state index is 3.90. The lowest BCUT2D eigenvalue weighted by molar-refractivity contribution is 0.125. The van der Waals surface area contributed by atoms with Gasteiger partial charge in [0.15, 0.2) is 0 Å². The van der Waals surface area contributed by atoms with Crippen LogP contribution in [0.1, 0.15) is 57.8 Å². The summed E-state index contributed by atoms with van der Waals surface area (Å²) in [6, 6.07) is 0. The van der Waals surface area contributed by atoms with Crippen LogP contribution in [0.25, 0.3) is 0 Å². The molecule has 4 saturated carbocycles. The number of hydrogen-bond acceptors (Lipinski definition) is 0. The molecule has 0 heterocycles. The lowest BCUT2D eigenvalue weighted by Crippen LogP contribution is -2.33. The summed E-state index contributed by atoms with van der Waals surface area (Å²) in [6.45, 7) is 0. The predicted molar refractivity (Wildman–Crippen MR) is 75.2 cm³/mol. The molecule has 4 bridgehead atoms. The minimum atomic E-state index is 0.734. The second kappa shape index (κ2) is 3.99. The van der Waals surface area contributed by atoms with E-state index in [0.29, 0.717) is 0 Å². The van der Waals surface area contributed by atoms with E-state index in [4.69, 9.17) is 0 Å². The molecule has 96 valence electrons. The van der Waals surface area contributed by atoms with Gasteiger partial charge in [0.2, 0.25) is 0 Å². The van der Waals surface area contributed by atoms with Crippen LogP contribution in [0.2, 0.25) is 0 Å². The second-order valence-electron chi connectivity index (χ2n) is 7.72. The first-order valence-electron chi connectivity index (χ1n) is 7.85. The summed E-state index contributed by atoms with van der Waals surface area (Å²) in [5.41, 5.74) is 0.734. The van der Waals surface area contributed by atoms with Crippen molar-refractivity contribution in [2.45, 2.75) is 57.8 Å². The van der Waals surface area contributed by atoms with Crippen LogP contribution in [0.4, 0.5) is 0 Å². The van der Waals surface area contributed by atoms with Crippen molar-refractivity contribution in [2.75, 3.05) is 5.33 Å². The van der Waals surface area contributed by atoms with Crippen LogP contribution in [0, 0.1) is 35.0 Å². The summed E-state index contributed by atoms with van der Waals surface area (Å²) in [5, 5.41) is 1.30. The number of alkyl halides is 1. The Kier molecular flexibility index (Phi) is 2.65. The first-order chi connectivity index (χ1) is 8.29. The normalized spacial score (nSPS) is 55.9. The zero-order chi connectivity index (χ0) is 11.5. The topological polar surface area (TPSA) is 0 Å². The SMILES string of the molecule is BrCC1(CC2CC3CCC2C3)CC2CCC1C2. The van der Waals surface area contributed by atoms with Gasteiger partial charge in [0.05, 0.1) is 0 Å². The van der Waals surface area contributed by atoms with Gasteiger partial charge >= 0.3 is 0 Å². The molecule has 6 atom stereocenters. The number of rotatable bonds is 3. The Hall–Kier alpha value is 0.480. The molecule has 17 heavy (non-hydrogen) atoms. The van der Waals surface area contributed by atoms with Crippen LogP contribution in [-0.2, 0) is 0 Å². The third-order valence-corrected chi connectivity index (χ3v) is 8.04. The lowest BCUT2D eigenvalue weighted by atomic mass is 9.67. The number of halogens is 1. The van der Waals surface area contributed by atoms with Gasteiger partial charge in [0.1, 0.15) is 0 Å². The monoisotopic (exact) mass is 296 g/mol. The summed E-state index contributed by atoms with van der Waals surface area (Å²) in [6.07, 6.45) is 14.2. The number of hydrogen-bond donors (Lipinski definition) is 0. The van der Waals surface area contributed by atoms with Crippen LogP contribution >= 0.6 is 15.9 Å². The average Bonchev–Trinajstić information content (AvgIpc) is 3.08. The molecule has 0 aliphatic heterocycles. The molecule has 4 aliphatic rings. The Bertz CT molecular complexity index is 313. The molecule has 0 radical (unpaired) electrons. The highest BCUT2D eigenvalue weighted by atomic mass is 79.9. The molecule has 0 aromatic rings. The van der Waals surface area contributed by atoms with Crippen LogP contribution in [0.3, 0.4) is 0 Å². The van der Waals surface area contributed by atoms with Gasteiger partial charge in [0.25, 0.3) is 0 Å². The molecule has 4 fully saturated rings. The zero-order valence-corrected chi connectivity index (χ0v) is 12.4. The van der Waals surface area contributed by atoms with E-state index in [1.165, 1.54) is 5.33 Å². The van der Waals surface area contributed by atoms with Crippen molar-refractivity contribution in [1.29, 1.82) is 0 Å². The van der Waals surface area contributed by atoms with Crippen molar-refractivity contribution in [1.82, 2.24) is 0 Å². The summed E-state index contributed by atoms with van der Waals surface area (Å²) in [7, 11) is 0. The maximum atomic E-state index is 3.90. The van der Waals surface area contributed by atoms with Crippen molar-refractivity contribution >= 4 is 15.9 Å². The third kappa shape index (κ3) is 1.67. The molecule has 0 aromatic carbocycles. The molecule has 6 unspecified atom stereocenters. The van der Waals surface area contributed by atoms with Gasteiger partial charge in [0, 0.05) is 5.33 Å². The fraction of sp³-hybridized carbons (Fsp3) is 1.00. The van der Waals surface area contributed by atoms with Crippen molar-refractivity contribution in [2.24, 2.45) is 35.0 Å². The van der Waals surface area contributed by atoms with Gasteiger partial charge in [-0.3, -0.25) is 0 Å². The summed E-state index contributed by atoms with van der Waals surface area (Å²) in [4.78, 5) is 0. The third-order valence-electron chi connectivity index (χ3n) is 6.92. The molecule has 0 N–H and O–H groups in total. The summed E-state index contributed by atoms with van der Waals surface area (Å²) < 4.78 is 0. The average molecular weight is 297 g/mol. The highest BCUT2D eigenvalue weighted by molar-refractivity contribution is 9.09. The first-order valence-corrected chi connectivity index (χ1v) is 8.97. The second-order valence-corrected chi connectivity index (χ2v) is 8.28. The first kappa shape index (κ1) is 11.3. The molecular formula is C16H25Br. The Labute approximate surface area is 114 Å². The highest BCUT2D eigenvalue weighted by Crippen LogP contribution is 2.62. The largest absolute Gasteiger partial charge is 0.0922 e. The molecular weight excluding hydrogens is 272 g/mol. The predicted octanol–water partition coefficient (Wildman–Crippen LogP) is 5.01. The van der Waals surface area contributed by atoms with Gasteiger partial charge < -0.3 is 0 Å². The fourth-order valence-corrected chi connectivity index (χ4v) is 7.09. The van der Waals surface area contributed by atoms with Crippen molar-refractivity contribution in [3.63, 3.8) is 0 Å². The minimum absolute atomic E-state index is 0.734. The summed E-state index contributed by atoms with van der Waals surface area (Å²) in [5.74, 6) is 5.58. The van der Waals surface area contributed by atoms with Crippen molar-refractivity contribution in [3.8, 4) is 0 Å². The molecule has 4 rings (SSSR count). The number of fused-ring (bicyclic) bond motifs is 4. The van der Waals surface area contributed by atoms with Crippen LogP contribution in [0.15, 0.2) is 0 Å². The molecule has 0 aromatic heterocycles. The van der Waals surface area contributed by atoms with Gasteiger partial charge in [-0.25, -0.2) is 0 Å². The molecule has 1 heteroatoms. The minimum Gasteiger partial charge on any atom is -0.0922 e. The maximum Gasteiger partial charge on any atom is 0.00908 e. The summed E-state index contributed by atoms with van der Waals surface area (Å²) >= 11 is 3.90. The smallest absolute Gasteiger partial charge is 0.00908 e. The van der Waals surface area contributed by atoms with E-state index in [-0.39, 0.29) is 0 Å². The quantitative estimate of drug-likeness (QED) is 0.642. The van der Waals surface area contributed by atoms with E-state index in [9.17, 15) is 0 Å². The van der Waals surface area contributed by atoms with E-state index < -0.39 is 0 Å². The van der Waals surface area contributed by atoms with Crippen molar-refractivity contribution in [3.05, 3.63) is 0 Å². The van der Waals surface area contributed by atoms with Crippen LogP contribution < -0.4 is 0 Å². The van der Waals surface area contributed by atoms with Gasteiger partial charge in [-0.1, -0.05) is 28.8 Å². The highest BCUT2D eigenvalue weighted by Gasteiger charge is 2.52. The Morgan fingerprint density at radius 3 is 2.35 bits per heavy atom. The van der Waals surface area contributed by atoms with Crippen LogP contribution in [0.5, 0.6) is 0 Å². The standard InChI is InChI=1S/C16H25Br/c17-10-16(8-12-2-4-15(16)7-12)9-14-6-11-1-3-13(14)5-11/h11-15H,1-10H2. The van der Waals surface area contributed by atoms with Crippen molar-refractivity contribution < 1.29 is 0 Å². The van der Waals surface area contributed by atoms with Gasteiger partial charge in [-0.05, 0) is 80.0 Å². The molecule has 4 aliphatic carbocycles. The Morgan fingerprint density at radius 1 is 0.941 bits per heavy atom. The Balaban J connectivity index is 1.50. The fourth-order valence-electron chi connectivity index (χ4n) is 6.17.